The van der Waals surface area contributed by atoms with Crippen molar-refractivity contribution >= 4 is 74.2 Å². The Labute approximate surface area is 332 Å². The van der Waals surface area contributed by atoms with Crippen molar-refractivity contribution in [2.45, 2.75) is 173 Å². The van der Waals surface area contributed by atoms with Crippen LogP contribution in [0.4, 0.5) is 0 Å². The zero-order valence-electron chi connectivity index (χ0n) is 33.1. The van der Waals surface area contributed by atoms with Crippen LogP contribution in [0.3, 0.4) is 0 Å². The molecule has 2 aliphatic carbocycles. The standard InChI is InChI=1S/2C10H14O4.C4H4O4.4C4H9.2Sn/c2*11-9(12)6-7-10(13)14-8-4-2-1-3-5-8;5-3(6)1-2-4(7)8;4*1-3-4-2;;/h2*6-8H,1-5H2,(H,11,12);1-2H,(H,5,6)(H,7,8);4*1,3-4H2,2H3;;/q;;;;;;;2*+2/p-4/b;;2-1-;;;;;;. The van der Waals surface area contributed by atoms with E-state index in [4.69, 9.17) is 21.8 Å². The number of esters is 2. The first-order chi connectivity index (χ1) is 26.0. The summed E-state index contributed by atoms with van der Waals surface area (Å²) >= 11 is -8.90. The normalized spacial score (nSPS) is 16.0. The van der Waals surface area contributed by atoms with Gasteiger partial charge in [0.05, 0.1) is 0 Å². The van der Waals surface area contributed by atoms with Crippen molar-refractivity contribution in [1.29, 1.82) is 0 Å². The predicted molar refractivity (Wildman–Crippen MR) is 208 cm³/mol. The Morgan fingerprint density at radius 2 is 0.648 bits per heavy atom. The molecule has 54 heavy (non-hydrogen) atoms. The molecule has 0 aromatic rings. The van der Waals surface area contributed by atoms with E-state index in [1.165, 1.54) is 0 Å². The maximum absolute atomic E-state index is 13.3. The van der Waals surface area contributed by atoms with E-state index >= 15 is 0 Å². The fourth-order valence-corrected chi connectivity index (χ4v) is 25.7. The van der Waals surface area contributed by atoms with Crippen LogP contribution in [0, 0.1) is 0 Å². The number of carbonyl (C=O) groups is 6. The second-order valence-electron chi connectivity index (χ2n) is 14.3. The van der Waals surface area contributed by atoms with Crippen molar-refractivity contribution in [3.8, 4) is 0 Å². The Kier molecular flexibility index (Phi) is 24.1. The molecule has 12 nitrogen and oxygen atoms in total. The van der Waals surface area contributed by atoms with Crippen molar-refractivity contribution in [3.63, 3.8) is 0 Å². The first-order valence-electron chi connectivity index (χ1n) is 20.3. The summed E-state index contributed by atoms with van der Waals surface area (Å²) in [5.74, 6) is -4.42. The van der Waals surface area contributed by atoms with Gasteiger partial charge in [0.2, 0.25) is 0 Å². The van der Waals surface area contributed by atoms with Gasteiger partial charge in [-0.3, -0.25) is 0 Å². The Bertz CT molecular complexity index is 1170. The molecular formula is C40H64O12Sn2. The summed E-state index contributed by atoms with van der Waals surface area (Å²) in [6.45, 7) is 7.94. The zero-order chi connectivity index (χ0) is 39.7. The second kappa shape index (κ2) is 27.3. The molecule has 0 aliphatic heterocycles. The van der Waals surface area contributed by atoms with Crippen LogP contribution < -0.4 is 0 Å². The minimum atomic E-state index is -4.45. The Morgan fingerprint density at radius 3 is 0.889 bits per heavy atom. The Balaban J connectivity index is 2.16. The number of unbranched alkanes of at least 4 members (excludes halogenated alkanes) is 4. The third-order valence-corrected chi connectivity index (χ3v) is 28.8. The average molecular weight is 974 g/mol. The fourth-order valence-electron chi connectivity index (χ4n) is 6.54. The van der Waals surface area contributed by atoms with Gasteiger partial charge < -0.3 is 0 Å². The molecule has 0 aromatic heterocycles. The first-order valence-corrected chi connectivity index (χ1v) is 33.1. The summed E-state index contributed by atoms with van der Waals surface area (Å²) in [7, 11) is 0. The molecule has 0 bridgehead atoms. The number of rotatable bonds is 24. The molecule has 0 spiro atoms. The van der Waals surface area contributed by atoms with Crippen LogP contribution in [0.15, 0.2) is 36.5 Å². The van der Waals surface area contributed by atoms with E-state index < -0.39 is 74.2 Å². The molecule has 2 rings (SSSR count). The molecule has 304 valence electrons. The third kappa shape index (κ3) is 20.0. The van der Waals surface area contributed by atoms with Crippen LogP contribution in [0.1, 0.15) is 143 Å². The van der Waals surface area contributed by atoms with Crippen molar-refractivity contribution in [3.05, 3.63) is 36.5 Å². The Morgan fingerprint density at radius 1 is 0.407 bits per heavy atom. The van der Waals surface area contributed by atoms with E-state index in [1.807, 2.05) is 27.7 Å². The van der Waals surface area contributed by atoms with E-state index in [2.05, 4.69) is 0 Å². The molecule has 0 saturated heterocycles. The quantitative estimate of drug-likeness (QED) is 0.0516. The van der Waals surface area contributed by atoms with E-state index in [0.29, 0.717) is 43.4 Å². The molecule has 2 fully saturated rings. The molecule has 0 aromatic carbocycles. The first kappa shape index (κ1) is 47.8. The van der Waals surface area contributed by atoms with Crippen LogP contribution in [0.2, 0.25) is 17.7 Å². The van der Waals surface area contributed by atoms with Crippen LogP contribution >= 0.6 is 0 Å². The zero-order valence-corrected chi connectivity index (χ0v) is 38.8. The molecule has 0 heterocycles. The van der Waals surface area contributed by atoms with Gasteiger partial charge in [-0.25, -0.2) is 0 Å². The topological polar surface area (TPSA) is 158 Å². The molecule has 2 aliphatic rings. The van der Waals surface area contributed by atoms with Crippen LogP contribution in [0.25, 0.3) is 0 Å². The van der Waals surface area contributed by atoms with E-state index in [0.717, 1.165) is 126 Å². The van der Waals surface area contributed by atoms with Crippen molar-refractivity contribution in [1.82, 2.24) is 0 Å². The van der Waals surface area contributed by atoms with Gasteiger partial charge in [0.15, 0.2) is 0 Å². The maximum atomic E-state index is 13.3. The molecule has 0 unspecified atom stereocenters. The SMILES string of the molecule is CCC[CH2][Sn]([CH2]CCC)([O]C(=O)C=CC(=O)OC1CCCCC1)[O]C(=O)/C=C\C(=O)[O][Sn]([CH2]CCC)([CH2]CCC)[O]C(=O)C=CC(=O)OC1CCCCC1. The molecule has 2 saturated carbocycles. The molecule has 0 amide bonds. The molecule has 0 atom stereocenters. The van der Waals surface area contributed by atoms with Gasteiger partial charge in [-0.2, -0.15) is 0 Å². The van der Waals surface area contributed by atoms with E-state index in [-0.39, 0.29) is 12.2 Å². The number of hydrogen-bond donors (Lipinski definition) is 0. The number of hydrogen-bond acceptors (Lipinski definition) is 12. The van der Waals surface area contributed by atoms with Gasteiger partial charge in [-0.15, -0.1) is 0 Å². The average Bonchev–Trinajstić information content (AvgIpc) is 3.16. The summed E-state index contributed by atoms with van der Waals surface area (Å²) in [4.78, 5) is 77.3. The summed E-state index contributed by atoms with van der Waals surface area (Å²) in [5.41, 5.74) is 0. The Hall–Kier alpha value is -2.36. The van der Waals surface area contributed by atoms with Crippen molar-refractivity contribution in [2.24, 2.45) is 0 Å². The third-order valence-electron chi connectivity index (χ3n) is 9.53. The summed E-state index contributed by atoms with van der Waals surface area (Å²) < 4.78 is 36.5. The number of ether oxygens (including phenoxy) is 2. The summed E-state index contributed by atoms with van der Waals surface area (Å²) in [5, 5.41) is 0. The monoisotopic (exact) mass is 976 g/mol. The molecule has 14 heteroatoms. The van der Waals surface area contributed by atoms with Gasteiger partial charge in [-0.1, -0.05) is 0 Å². The van der Waals surface area contributed by atoms with Crippen LogP contribution in [0.5, 0.6) is 0 Å². The molecule has 0 radical (unpaired) electrons. The summed E-state index contributed by atoms with van der Waals surface area (Å²) in [6.07, 6.45) is 21.1. The molecular weight excluding hydrogens is 910 g/mol. The molecule has 0 N–H and O–H groups in total. The fraction of sp³-hybridized carbons (Fsp3) is 0.700. The minimum absolute atomic E-state index is 0.156. The summed E-state index contributed by atoms with van der Waals surface area (Å²) in [6, 6.07) is 0. The van der Waals surface area contributed by atoms with Gasteiger partial charge in [0, 0.05) is 0 Å². The van der Waals surface area contributed by atoms with Gasteiger partial charge in [0.25, 0.3) is 0 Å². The van der Waals surface area contributed by atoms with Crippen molar-refractivity contribution in [2.75, 3.05) is 0 Å². The van der Waals surface area contributed by atoms with E-state index in [1.54, 1.807) is 0 Å². The number of carbonyl (C=O) groups excluding carboxylic acids is 6. The van der Waals surface area contributed by atoms with Gasteiger partial charge >= 0.3 is 334 Å². The van der Waals surface area contributed by atoms with Crippen LogP contribution in [-0.2, 0) is 50.5 Å². The van der Waals surface area contributed by atoms with E-state index in [9.17, 15) is 28.8 Å². The predicted octanol–water partition coefficient (Wildman–Crippen LogP) is 8.66. The second-order valence-corrected chi connectivity index (χ2v) is 32.7. The van der Waals surface area contributed by atoms with Crippen LogP contribution in [-0.4, -0.2) is 86.4 Å². The van der Waals surface area contributed by atoms with Gasteiger partial charge in [0.1, 0.15) is 0 Å². The van der Waals surface area contributed by atoms with Gasteiger partial charge in [-0.05, 0) is 0 Å². The van der Waals surface area contributed by atoms with Crippen molar-refractivity contribution < 1.29 is 50.5 Å².